The van der Waals surface area contributed by atoms with Gasteiger partial charge in [0.25, 0.3) is 0 Å². The van der Waals surface area contributed by atoms with Gasteiger partial charge in [-0.3, -0.25) is 9.89 Å². The number of halogens is 1. The Bertz CT molecular complexity index is 771. The normalized spacial score (nSPS) is 16.9. The molecule has 174 valence electrons. The largest absolute Gasteiger partial charge is 0.356 e. The number of aromatic nitrogens is 2. The molecule has 0 radical (unpaired) electrons. The molecule has 0 amide bonds. The van der Waals surface area contributed by atoms with Gasteiger partial charge in [-0.1, -0.05) is 32.0 Å². The molecule has 2 aromatic heterocycles. The summed E-state index contributed by atoms with van der Waals surface area (Å²) < 4.78 is 5.32. The molecule has 0 spiro atoms. The van der Waals surface area contributed by atoms with Crippen LogP contribution in [-0.4, -0.2) is 54.2 Å². The Morgan fingerprint density at radius 3 is 2.71 bits per heavy atom. The number of likely N-dealkylation sites (tertiary alicyclic amines) is 1. The van der Waals surface area contributed by atoms with E-state index >= 15 is 0 Å². The van der Waals surface area contributed by atoms with E-state index in [1.807, 2.05) is 18.4 Å². The van der Waals surface area contributed by atoms with Gasteiger partial charge in [-0.2, -0.15) is 4.98 Å². The smallest absolute Gasteiger partial charge is 0.226 e. The molecular weight excluding hydrogens is 523 g/mol. The van der Waals surface area contributed by atoms with Crippen molar-refractivity contribution in [3.63, 3.8) is 0 Å². The van der Waals surface area contributed by atoms with Crippen molar-refractivity contribution in [1.29, 1.82) is 0 Å². The molecule has 1 unspecified atom stereocenters. The Labute approximate surface area is 207 Å². The number of rotatable bonds is 9. The predicted molar refractivity (Wildman–Crippen MR) is 139 cm³/mol. The standard InChI is InChI=1S/C22H36N6OS.HI/c1-16(2)21-26-20(29-27-21)8-5-11-24-22(23-4)25-15-18(19-7-6-14-30-19)28-12-9-17(3)10-13-28;/h6-7,14,16-18H,5,8-13,15H2,1-4H3,(H2,23,24,25);1H. The summed E-state index contributed by atoms with van der Waals surface area (Å²) in [5.74, 6) is 3.46. The fraction of sp³-hybridized carbons (Fsp3) is 0.682. The number of hydrogen-bond donors (Lipinski definition) is 2. The minimum absolute atomic E-state index is 0. The molecule has 7 nitrogen and oxygen atoms in total. The van der Waals surface area contributed by atoms with Crippen LogP contribution in [0.5, 0.6) is 0 Å². The minimum atomic E-state index is 0. The summed E-state index contributed by atoms with van der Waals surface area (Å²) in [5, 5.41) is 13.1. The maximum atomic E-state index is 5.32. The van der Waals surface area contributed by atoms with Crippen molar-refractivity contribution in [1.82, 2.24) is 25.7 Å². The summed E-state index contributed by atoms with van der Waals surface area (Å²) in [5.41, 5.74) is 0. The van der Waals surface area contributed by atoms with Gasteiger partial charge in [-0.25, -0.2) is 0 Å². The molecule has 0 aliphatic carbocycles. The molecule has 2 aromatic rings. The number of aliphatic imine (C=N–C) groups is 1. The first-order chi connectivity index (χ1) is 14.6. The number of hydrogen-bond acceptors (Lipinski definition) is 6. The fourth-order valence-electron chi connectivity index (χ4n) is 3.70. The van der Waals surface area contributed by atoms with E-state index in [1.165, 1.54) is 30.8 Å². The molecule has 1 fully saturated rings. The second-order valence-electron chi connectivity index (χ2n) is 8.43. The lowest BCUT2D eigenvalue weighted by Gasteiger charge is -2.36. The van der Waals surface area contributed by atoms with Crippen LogP contribution in [0.25, 0.3) is 0 Å². The Morgan fingerprint density at radius 1 is 1.32 bits per heavy atom. The Hall–Kier alpha value is -1.20. The van der Waals surface area contributed by atoms with E-state index in [2.05, 4.69) is 69.0 Å². The van der Waals surface area contributed by atoms with Gasteiger partial charge >= 0.3 is 0 Å². The van der Waals surface area contributed by atoms with Gasteiger partial charge in [0, 0.05) is 37.4 Å². The number of nitrogens with zero attached hydrogens (tertiary/aromatic N) is 4. The molecule has 2 N–H and O–H groups in total. The molecule has 0 bridgehead atoms. The van der Waals surface area contributed by atoms with Crippen LogP contribution in [0.2, 0.25) is 0 Å². The van der Waals surface area contributed by atoms with Crippen molar-refractivity contribution in [2.45, 2.75) is 58.4 Å². The third kappa shape index (κ3) is 8.02. The molecule has 3 rings (SSSR count). The SMILES string of the molecule is CN=C(NCCCc1nc(C(C)C)no1)NCC(c1cccs1)N1CCC(C)CC1.I. The van der Waals surface area contributed by atoms with Crippen molar-refractivity contribution < 1.29 is 4.52 Å². The second-order valence-corrected chi connectivity index (χ2v) is 9.41. The summed E-state index contributed by atoms with van der Waals surface area (Å²) in [6.45, 7) is 10.5. The van der Waals surface area contributed by atoms with Crippen molar-refractivity contribution in [3.05, 3.63) is 34.1 Å². The summed E-state index contributed by atoms with van der Waals surface area (Å²) >= 11 is 1.84. The molecule has 1 aliphatic heterocycles. The first-order valence-electron chi connectivity index (χ1n) is 11.1. The topological polar surface area (TPSA) is 78.6 Å². The highest BCUT2D eigenvalue weighted by Gasteiger charge is 2.25. The van der Waals surface area contributed by atoms with E-state index < -0.39 is 0 Å². The van der Waals surface area contributed by atoms with Crippen LogP contribution in [0, 0.1) is 5.92 Å². The number of piperidine rings is 1. The highest BCUT2D eigenvalue weighted by molar-refractivity contribution is 14.0. The lowest BCUT2D eigenvalue weighted by molar-refractivity contribution is 0.140. The minimum Gasteiger partial charge on any atom is -0.356 e. The number of nitrogens with one attached hydrogen (secondary N) is 2. The van der Waals surface area contributed by atoms with Crippen LogP contribution in [0.4, 0.5) is 0 Å². The van der Waals surface area contributed by atoms with E-state index in [1.54, 1.807) is 0 Å². The van der Waals surface area contributed by atoms with E-state index in [9.17, 15) is 0 Å². The maximum Gasteiger partial charge on any atom is 0.226 e. The van der Waals surface area contributed by atoms with Gasteiger partial charge in [-0.15, -0.1) is 35.3 Å². The molecular formula is C22H37IN6OS. The summed E-state index contributed by atoms with van der Waals surface area (Å²) in [4.78, 5) is 12.9. The van der Waals surface area contributed by atoms with E-state index in [4.69, 9.17) is 4.52 Å². The monoisotopic (exact) mass is 560 g/mol. The molecule has 31 heavy (non-hydrogen) atoms. The van der Waals surface area contributed by atoms with Gasteiger partial charge in [0.2, 0.25) is 5.89 Å². The summed E-state index contributed by atoms with van der Waals surface area (Å²) in [6.07, 6.45) is 4.25. The van der Waals surface area contributed by atoms with Gasteiger partial charge in [-0.05, 0) is 49.7 Å². The van der Waals surface area contributed by atoms with Crippen LogP contribution in [-0.2, 0) is 6.42 Å². The quantitative estimate of drug-likeness (QED) is 0.204. The summed E-state index contributed by atoms with van der Waals surface area (Å²) in [6, 6.07) is 4.79. The molecule has 1 saturated heterocycles. The predicted octanol–water partition coefficient (Wildman–Crippen LogP) is 4.44. The molecule has 0 saturated carbocycles. The zero-order chi connectivity index (χ0) is 21.3. The molecule has 3 heterocycles. The number of thiophene rings is 1. The molecule has 9 heteroatoms. The van der Waals surface area contributed by atoms with Gasteiger partial charge in [0.1, 0.15) is 0 Å². The van der Waals surface area contributed by atoms with Crippen LogP contribution < -0.4 is 10.6 Å². The lowest BCUT2D eigenvalue weighted by atomic mass is 9.97. The third-order valence-corrected chi connectivity index (χ3v) is 6.65. The number of aryl methyl sites for hydroxylation is 1. The van der Waals surface area contributed by atoms with Crippen LogP contribution >= 0.6 is 35.3 Å². The fourth-order valence-corrected chi connectivity index (χ4v) is 4.56. The van der Waals surface area contributed by atoms with Crippen molar-refractivity contribution >= 4 is 41.3 Å². The zero-order valence-electron chi connectivity index (χ0n) is 19.1. The second kappa shape index (κ2) is 13.4. The van der Waals surface area contributed by atoms with E-state index in [0.717, 1.165) is 43.6 Å². The molecule has 0 aromatic carbocycles. The van der Waals surface area contributed by atoms with Gasteiger partial charge in [0.05, 0.1) is 6.04 Å². The number of guanidine groups is 1. The van der Waals surface area contributed by atoms with Crippen molar-refractivity contribution in [3.8, 4) is 0 Å². The van der Waals surface area contributed by atoms with Crippen LogP contribution in [0.15, 0.2) is 27.0 Å². The average Bonchev–Trinajstić information content (AvgIpc) is 3.43. The third-order valence-electron chi connectivity index (χ3n) is 5.68. The average molecular weight is 561 g/mol. The molecule has 1 atom stereocenters. The first-order valence-corrected chi connectivity index (χ1v) is 12.0. The highest BCUT2D eigenvalue weighted by Crippen LogP contribution is 2.29. The van der Waals surface area contributed by atoms with Gasteiger partial charge < -0.3 is 15.2 Å². The maximum absolute atomic E-state index is 5.32. The first kappa shape index (κ1) is 26.1. The van der Waals surface area contributed by atoms with Crippen molar-refractivity contribution in [2.75, 3.05) is 33.2 Å². The van der Waals surface area contributed by atoms with Gasteiger partial charge in [0.15, 0.2) is 11.8 Å². The van der Waals surface area contributed by atoms with Crippen LogP contribution in [0.1, 0.15) is 68.6 Å². The lowest BCUT2D eigenvalue weighted by Crippen LogP contribution is -2.45. The van der Waals surface area contributed by atoms with E-state index in [0.29, 0.717) is 17.9 Å². The van der Waals surface area contributed by atoms with E-state index in [-0.39, 0.29) is 24.0 Å². The highest BCUT2D eigenvalue weighted by atomic mass is 127. The Kier molecular flexibility index (Phi) is 11.2. The zero-order valence-corrected chi connectivity index (χ0v) is 22.3. The van der Waals surface area contributed by atoms with Crippen molar-refractivity contribution in [2.24, 2.45) is 10.9 Å². The summed E-state index contributed by atoms with van der Waals surface area (Å²) in [7, 11) is 1.82. The Morgan fingerprint density at radius 2 is 2.10 bits per heavy atom. The molecule has 1 aliphatic rings. The van der Waals surface area contributed by atoms with Crippen LogP contribution in [0.3, 0.4) is 0 Å². The Balaban J connectivity index is 0.00000341.